The van der Waals surface area contributed by atoms with Crippen LogP contribution in [0.1, 0.15) is 11.1 Å². The maximum absolute atomic E-state index is 13.9. The average Bonchev–Trinajstić information content (AvgIpc) is 2.55. The molecule has 0 radical (unpaired) electrons. The topological polar surface area (TPSA) is 41.5 Å². The second-order valence-corrected chi connectivity index (χ2v) is 5.43. The van der Waals surface area contributed by atoms with Gasteiger partial charge in [-0.3, -0.25) is 0 Å². The van der Waals surface area contributed by atoms with E-state index in [1.807, 2.05) is 24.3 Å². The van der Waals surface area contributed by atoms with Crippen molar-refractivity contribution in [1.82, 2.24) is 5.32 Å². The first-order valence-corrected chi connectivity index (χ1v) is 7.42. The van der Waals surface area contributed by atoms with E-state index in [9.17, 15) is 9.50 Å². The van der Waals surface area contributed by atoms with Gasteiger partial charge in [0.25, 0.3) is 0 Å². The van der Waals surface area contributed by atoms with Gasteiger partial charge < -0.3 is 15.2 Å². The van der Waals surface area contributed by atoms with Crippen molar-refractivity contribution in [3.8, 4) is 5.75 Å². The highest BCUT2D eigenvalue weighted by molar-refractivity contribution is 6.30. The molecule has 2 rings (SSSR count). The Hall–Kier alpha value is -1.62. The lowest BCUT2D eigenvalue weighted by atomic mass is 10.1. The molecule has 3 nitrogen and oxygen atoms in total. The van der Waals surface area contributed by atoms with E-state index in [-0.39, 0.29) is 17.7 Å². The van der Waals surface area contributed by atoms with Crippen molar-refractivity contribution in [2.45, 2.75) is 19.0 Å². The van der Waals surface area contributed by atoms with Gasteiger partial charge in [0.1, 0.15) is 11.6 Å². The first-order valence-electron chi connectivity index (χ1n) is 7.04. The Kier molecular flexibility index (Phi) is 6.19. The van der Waals surface area contributed by atoms with Gasteiger partial charge in [0, 0.05) is 12.6 Å². The van der Waals surface area contributed by atoms with Crippen molar-refractivity contribution in [3.63, 3.8) is 0 Å². The molecule has 22 heavy (non-hydrogen) atoms. The number of benzene rings is 2. The average molecular weight is 324 g/mol. The van der Waals surface area contributed by atoms with Crippen LogP contribution in [0.4, 0.5) is 4.39 Å². The van der Waals surface area contributed by atoms with Crippen LogP contribution in [0.5, 0.6) is 5.75 Å². The molecule has 0 amide bonds. The van der Waals surface area contributed by atoms with Gasteiger partial charge >= 0.3 is 0 Å². The number of nitrogens with one attached hydrogen (secondary N) is 1. The van der Waals surface area contributed by atoms with Crippen LogP contribution in [0.3, 0.4) is 0 Å². The van der Waals surface area contributed by atoms with Gasteiger partial charge in [-0.05, 0) is 35.7 Å². The van der Waals surface area contributed by atoms with Crippen molar-refractivity contribution in [2.24, 2.45) is 0 Å². The van der Waals surface area contributed by atoms with Crippen LogP contribution in [0.2, 0.25) is 5.02 Å². The number of ether oxygens (including phenoxy) is 1. The number of halogens is 2. The Morgan fingerprint density at radius 1 is 1.23 bits per heavy atom. The van der Waals surface area contributed by atoms with Crippen LogP contribution < -0.4 is 10.1 Å². The molecule has 2 aromatic rings. The molecule has 1 atom stereocenters. The molecule has 118 valence electrons. The lowest BCUT2D eigenvalue weighted by molar-refractivity contribution is 0.240. The van der Waals surface area contributed by atoms with Crippen LogP contribution >= 0.6 is 11.6 Å². The number of methoxy groups -OCH3 is 1. The zero-order valence-corrected chi connectivity index (χ0v) is 13.1. The van der Waals surface area contributed by atoms with Gasteiger partial charge in [-0.15, -0.1) is 0 Å². The van der Waals surface area contributed by atoms with Crippen LogP contribution in [-0.4, -0.2) is 24.9 Å². The van der Waals surface area contributed by atoms with E-state index < -0.39 is 5.82 Å². The number of aliphatic hydroxyl groups excluding tert-OH is 1. The van der Waals surface area contributed by atoms with E-state index in [0.717, 1.165) is 11.3 Å². The van der Waals surface area contributed by atoms with Gasteiger partial charge in [0.05, 0.1) is 18.7 Å². The van der Waals surface area contributed by atoms with E-state index in [4.69, 9.17) is 16.3 Å². The Labute approximate surface area is 134 Å². The molecule has 2 aromatic carbocycles. The SMILES string of the molecule is COc1ccc(CNC(CO)Cc2cccc(Cl)c2F)cc1. The Bertz CT molecular complexity index is 604. The molecule has 0 aromatic heterocycles. The summed E-state index contributed by atoms with van der Waals surface area (Å²) in [5.41, 5.74) is 1.56. The molecule has 0 fully saturated rings. The number of hydrogen-bond acceptors (Lipinski definition) is 3. The summed E-state index contributed by atoms with van der Waals surface area (Å²) in [6.45, 7) is 0.500. The highest BCUT2D eigenvalue weighted by atomic mass is 35.5. The second-order valence-electron chi connectivity index (χ2n) is 5.03. The summed E-state index contributed by atoms with van der Waals surface area (Å²) in [5.74, 6) is 0.373. The fraction of sp³-hybridized carbons (Fsp3) is 0.294. The lowest BCUT2D eigenvalue weighted by Gasteiger charge is -2.17. The molecule has 1 unspecified atom stereocenters. The molecular weight excluding hydrogens is 305 g/mol. The highest BCUT2D eigenvalue weighted by Gasteiger charge is 2.13. The summed E-state index contributed by atoms with van der Waals surface area (Å²) < 4.78 is 19.0. The largest absolute Gasteiger partial charge is 0.497 e. The maximum Gasteiger partial charge on any atom is 0.145 e. The predicted octanol–water partition coefficient (Wildman–Crippen LogP) is 3.18. The van der Waals surface area contributed by atoms with Crippen LogP contribution in [-0.2, 0) is 13.0 Å². The van der Waals surface area contributed by atoms with Gasteiger partial charge in [-0.25, -0.2) is 4.39 Å². The molecule has 5 heteroatoms. The van der Waals surface area contributed by atoms with Gasteiger partial charge in [0.15, 0.2) is 0 Å². The Balaban J connectivity index is 1.95. The van der Waals surface area contributed by atoms with E-state index in [1.54, 1.807) is 19.2 Å². The van der Waals surface area contributed by atoms with E-state index >= 15 is 0 Å². The van der Waals surface area contributed by atoms with Gasteiger partial charge in [0.2, 0.25) is 0 Å². The third-order valence-electron chi connectivity index (χ3n) is 3.47. The van der Waals surface area contributed by atoms with Gasteiger partial charge in [-0.1, -0.05) is 35.9 Å². The van der Waals surface area contributed by atoms with Crippen LogP contribution in [0.25, 0.3) is 0 Å². The highest BCUT2D eigenvalue weighted by Crippen LogP contribution is 2.19. The summed E-state index contributed by atoms with van der Waals surface area (Å²) in [7, 11) is 1.62. The minimum atomic E-state index is -0.422. The van der Waals surface area contributed by atoms with E-state index in [0.29, 0.717) is 18.5 Å². The normalized spacial score (nSPS) is 12.2. The summed E-state index contributed by atoms with van der Waals surface area (Å²) in [6, 6.07) is 12.3. The molecule has 0 heterocycles. The van der Waals surface area contributed by atoms with Crippen molar-refractivity contribution in [2.75, 3.05) is 13.7 Å². The second kappa shape index (κ2) is 8.13. The van der Waals surface area contributed by atoms with Crippen molar-refractivity contribution in [1.29, 1.82) is 0 Å². The summed E-state index contributed by atoms with van der Waals surface area (Å²) >= 11 is 5.77. The Morgan fingerprint density at radius 2 is 1.95 bits per heavy atom. The minimum Gasteiger partial charge on any atom is -0.497 e. The van der Waals surface area contributed by atoms with Crippen molar-refractivity contribution < 1.29 is 14.2 Å². The number of hydrogen-bond donors (Lipinski definition) is 2. The fourth-order valence-electron chi connectivity index (χ4n) is 2.18. The first kappa shape index (κ1) is 16.7. The predicted molar refractivity (Wildman–Crippen MR) is 85.8 cm³/mol. The van der Waals surface area contributed by atoms with E-state index in [1.165, 1.54) is 6.07 Å². The molecule has 0 bridgehead atoms. The van der Waals surface area contributed by atoms with E-state index in [2.05, 4.69) is 5.32 Å². The zero-order valence-electron chi connectivity index (χ0n) is 12.4. The molecular formula is C17H19ClFNO2. The Morgan fingerprint density at radius 3 is 2.59 bits per heavy atom. The number of rotatable bonds is 7. The standard InChI is InChI=1S/C17H19ClFNO2/c1-22-15-7-5-12(6-8-15)10-20-14(11-21)9-13-3-2-4-16(18)17(13)19/h2-8,14,20-21H,9-11H2,1H3. The van der Waals surface area contributed by atoms with Crippen molar-refractivity contribution >= 4 is 11.6 Å². The minimum absolute atomic E-state index is 0.0812. The molecule has 0 aliphatic carbocycles. The van der Waals surface area contributed by atoms with Crippen LogP contribution in [0.15, 0.2) is 42.5 Å². The third kappa shape index (κ3) is 4.44. The maximum atomic E-state index is 13.9. The quantitative estimate of drug-likeness (QED) is 0.822. The zero-order chi connectivity index (χ0) is 15.9. The molecule has 0 spiro atoms. The summed E-state index contributed by atoms with van der Waals surface area (Å²) in [6.07, 6.45) is 0.374. The van der Waals surface area contributed by atoms with Crippen LogP contribution in [0, 0.1) is 5.82 Å². The van der Waals surface area contributed by atoms with Gasteiger partial charge in [-0.2, -0.15) is 0 Å². The molecule has 0 saturated heterocycles. The molecule has 0 saturated carbocycles. The summed E-state index contributed by atoms with van der Waals surface area (Å²) in [4.78, 5) is 0. The first-order chi connectivity index (χ1) is 10.6. The fourth-order valence-corrected chi connectivity index (χ4v) is 2.37. The molecule has 2 N–H and O–H groups in total. The number of aliphatic hydroxyl groups is 1. The smallest absolute Gasteiger partial charge is 0.145 e. The monoisotopic (exact) mass is 323 g/mol. The molecule has 0 aliphatic heterocycles. The lowest BCUT2D eigenvalue weighted by Crippen LogP contribution is -2.34. The third-order valence-corrected chi connectivity index (χ3v) is 3.76. The van der Waals surface area contributed by atoms with Crippen molar-refractivity contribution in [3.05, 3.63) is 64.4 Å². The summed E-state index contributed by atoms with van der Waals surface area (Å²) in [5, 5.41) is 12.8. The molecule has 0 aliphatic rings.